The van der Waals surface area contributed by atoms with Crippen molar-refractivity contribution in [2.24, 2.45) is 0 Å². The summed E-state index contributed by atoms with van der Waals surface area (Å²) >= 11 is 7.40. The maximum absolute atomic E-state index is 13.3. The third-order valence-corrected chi connectivity index (χ3v) is 4.12. The highest BCUT2D eigenvalue weighted by molar-refractivity contribution is 7.16. The average molecular weight is 330 g/mol. The van der Waals surface area contributed by atoms with Crippen LogP contribution in [0, 0.1) is 5.82 Å². The van der Waals surface area contributed by atoms with Gasteiger partial charge in [0, 0.05) is 18.0 Å². The number of hydrogen-bond acceptors (Lipinski definition) is 4. The molecule has 2 rings (SSSR count). The number of aliphatic hydroxyl groups excluding tert-OH is 1. The fraction of sp³-hybridized carbons (Fsp3) is 0.333. The number of nitrogens with one attached hydrogen (secondary N) is 1. The minimum Gasteiger partial charge on any atom is -0.488 e. The lowest BCUT2D eigenvalue weighted by molar-refractivity contribution is 0.104. The van der Waals surface area contributed by atoms with Crippen LogP contribution >= 0.6 is 22.9 Å². The number of ether oxygens (including phenoxy) is 1. The highest BCUT2D eigenvalue weighted by Gasteiger charge is 2.07. The maximum atomic E-state index is 13.3. The molecule has 1 aromatic heterocycles. The molecule has 21 heavy (non-hydrogen) atoms. The van der Waals surface area contributed by atoms with Gasteiger partial charge in [-0.2, -0.15) is 0 Å². The molecule has 1 heterocycles. The Morgan fingerprint density at radius 3 is 2.81 bits per heavy atom. The lowest BCUT2D eigenvalue weighted by atomic mass is 10.3. The lowest BCUT2D eigenvalue weighted by Crippen LogP contribution is -2.32. The van der Waals surface area contributed by atoms with Gasteiger partial charge in [0.2, 0.25) is 0 Å². The van der Waals surface area contributed by atoms with Crippen LogP contribution in [0.2, 0.25) is 4.34 Å². The first-order valence-electron chi connectivity index (χ1n) is 6.65. The zero-order chi connectivity index (χ0) is 15.1. The summed E-state index contributed by atoms with van der Waals surface area (Å²) in [7, 11) is 0. The summed E-state index contributed by atoms with van der Waals surface area (Å²) in [5.41, 5.74) is 0. The van der Waals surface area contributed by atoms with Crippen molar-refractivity contribution in [3.63, 3.8) is 0 Å². The molecule has 1 atom stereocenters. The third-order valence-electron chi connectivity index (χ3n) is 2.82. The van der Waals surface area contributed by atoms with E-state index in [0.717, 1.165) is 17.3 Å². The topological polar surface area (TPSA) is 41.5 Å². The van der Waals surface area contributed by atoms with Gasteiger partial charge in [0.05, 0.1) is 4.34 Å². The second-order valence-electron chi connectivity index (χ2n) is 4.56. The molecule has 114 valence electrons. The van der Waals surface area contributed by atoms with Crippen LogP contribution in [0.1, 0.15) is 4.88 Å². The van der Waals surface area contributed by atoms with E-state index in [2.05, 4.69) is 5.32 Å². The Kier molecular flexibility index (Phi) is 6.45. The van der Waals surface area contributed by atoms with Gasteiger partial charge in [0.1, 0.15) is 12.7 Å². The van der Waals surface area contributed by atoms with Crippen molar-refractivity contribution in [2.45, 2.75) is 12.5 Å². The summed E-state index contributed by atoms with van der Waals surface area (Å²) in [6.45, 7) is 1.19. The van der Waals surface area contributed by atoms with Crippen LogP contribution in [0.3, 0.4) is 0 Å². The number of aliphatic hydroxyl groups is 1. The van der Waals surface area contributed by atoms with Crippen molar-refractivity contribution >= 4 is 22.9 Å². The van der Waals surface area contributed by atoms with Crippen molar-refractivity contribution < 1.29 is 14.2 Å². The van der Waals surface area contributed by atoms with E-state index in [9.17, 15) is 9.50 Å². The first kappa shape index (κ1) is 16.2. The molecule has 0 radical (unpaired) electrons. The van der Waals surface area contributed by atoms with Crippen LogP contribution in [0.25, 0.3) is 0 Å². The Hall–Kier alpha value is -1.14. The molecule has 0 saturated carbocycles. The Morgan fingerprint density at radius 2 is 2.10 bits per heavy atom. The van der Waals surface area contributed by atoms with E-state index < -0.39 is 11.9 Å². The number of hydrogen-bond donors (Lipinski definition) is 2. The van der Waals surface area contributed by atoms with Gasteiger partial charge in [-0.1, -0.05) is 23.7 Å². The zero-order valence-corrected chi connectivity index (χ0v) is 13.0. The van der Waals surface area contributed by atoms with Gasteiger partial charge in [0.15, 0.2) is 11.6 Å². The third kappa shape index (κ3) is 5.63. The van der Waals surface area contributed by atoms with Crippen LogP contribution < -0.4 is 10.1 Å². The first-order chi connectivity index (χ1) is 10.1. The molecule has 0 amide bonds. The summed E-state index contributed by atoms with van der Waals surface area (Å²) in [6, 6.07) is 10.0. The summed E-state index contributed by atoms with van der Waals surface area (Å²) < 4.78 is 19.3. The summed E-state index contributed by atoms with van der Waals surface area (Å²) in [6.07, 6.45) is 0.176. The van der Waals surface area contributed by atoms with Gasteiger partial charge >= 0.3 is 0 Å². The van der Waals surface area contributed by atoms with E-state index in [0.29, 0.717) is 6.54 Å². The van der Waals surface area contributed by atoms with Crippen molar-refractivity contribution in [3.05, 3.63) is 51.4 Å². The van der Waals surface area contributed by atoms with Gasteiger partial charge in [-0.15, -0.1) is 11.3 Å². The molecule has 3 nitrogen and oxygen atoms in total. The van der Waals surface area contributed by atoms with Gasteiger partial charge in [-0.3, -0.25) is 0 Å². The van der Waals surface area contributed by atoms with Crippen LogP contribution in [-0.2, 0) is 6.42 Å². The molecular formula is C15H17ClFNO2S. The SMILES string of the molecule is OC(CNCCc1ccc(Cl)s1)COc1ccccc1F. The van der Waals surface area contributed by atoms with Gasteiger partial charge in [-0.05, 0) is 30.7 Å². The smallest absolute Gasteiger partial charge is 0.165 e. The quantitative estimate of drug-likeness (QED) is 0.731. The molecular weight excluding hydrogens is 313 g/mol. The van der Waals surface area contributed by atoms with E-state index in [1.165, 1.54) is 17.0 Å². The predicted molar refractivity (Wildman–Crippen MR) is 83.8 cm³/mol. The number of halogens is 2. The molecule has 0 fully saturated rings. The maximum Gasteiger partial charge on any atom is 0.165 e. The molecule has 0 bridgehead atoms. The summed E-state index contributed by atoms with van der Waals surface area (Å²) in [5, 5.41) is 12.9. The second-order valence-corrected chi connectivity index (χ2v) is 6.35. The normalized spacial score (nSPS) is 12.3. The van der Waals surface area contributed by atoms with Gasteiger partial charge in [0.25, 0.3) is 0 Å². The van der Waals surface area contributed by atoms with E-state index in [4.69, 9.17) is 16.3 Å². The lowest BCUT2D eigenvalue weighted by Gasteiger charge is -2.13. The number of rotatable bonds is 8. The molecule has 6 heteroatoms. The minimum atomic E-state index is -0.684. The fourth-order valence-corrected chi connectivity index (χ4v) is 2.86. The van der Waals surface area contributed by atoms with E-state index in [1.807, 2.05) is 12.1 Å². The standard InChI is InChI=1S/C15H17ClFNO2S/c16-15-6-5-12(21-15)7-8-18-9-11(19)10-20-14-4-2-1-3-13(14)17/h1-6,11,18-19H,7-10H2. The summed E-state index contributed by atoms with van der Waals surface area (Å²) in [5.74, 6) is -0.267. The Bertz CT molecular complexity index is 564. The minimum absolute atomic E-state index is 0.0543. The van der Waals surface area contributed by atoms with Crippen LogP contribution in [0.4, 0.5) is 4.39 Å². The molecule has 0 saturated heterocycles. The highest BCUT2D eigenvalue weighted by Crippen LogP contribution is 2.21. The molecule has 1 unspecified atom stereocenters. The fourth-order valence-electron chi connectivity index (χ4n) is 1.77. The van der Waals surface area contributed by atoms with Crippen LogP contribution in [0.15, 0.2) is 36.4 Å². The Morgan fingerprint density at radius 1 is 1.29 bits per heavy atom. The monoisotopic (exact) mass is 329 g/mol. The number of para-hydroxylation sites is 1. The van der Waals surface area contributed by atoms with E-state index >= 15 is 0 Å². The molecule has 0 aliphatic carbocycles. The Labute approximate surface area is 132 Å². The molecule has 0 aliphatic heterocycles. The molecule has 0 aliphatic rings. The Balaban J connectivity index is 1.61. The van der Waals surface area contributed by atoms with Crippen molar-refractivity contribution in [1.82, 2.24) is 5.32 Å². The van der Waals surface area contributed by atoms with Gasteiger partial charge in [-0.25, -0.2) is 4.39 Å². The molecule has 2 N–H and O–H groups in total. The van der Waals surface area contributed by atoms with Crippen molar-refractivity contribution in [2.75, 3.05) is 19.7 Å². The highest BCUT2D eigenvalue weighted by atomic mass is 35.5. The zero-order valence-electron chi connectivity index (χ0n) is 11.4. The molecule has 1 aromatic carbocycles. The largest absolute Gasteiger partial charge is 0.488 e. The van der Waals surface area contributed by atoms with E-state index in [1.54, 1.807) is 23.5 Å². The van der Waals surface area contributed by atoms with Crippen LogP contribution in [-0.4, -0.2) is 30.9 Å². The average Bonchev–Trinajstić information content (AvgIpc) is 2.88. The van der Waals surface area contributed by atoms with Crippen LogP contribution in [0.5, 0.6) is 5.75 Å². The van der Waals surface area contributed by atoms with Crippen molar-refractivity contribution in [3.8, 4) is 5.75 Å². The molecule has 2 aromatic rings. The second kappa shape index (κ2) is 8.34. The summed E-state index contributed by atoms with van der Waals surface area (Å²) in [4.78, 5) is 1.20. The number of thiophene rings is 1. The van der Waals surface area contributed by atoms with E-state index in [-0.39, 0.29) is 12.4 Å². The van der Waals surface area contributed by atoms with Gasteiger partial charge < -0.3 is 15.2 Å². The first-order valence-corrected chi connectivity index (χ1v) is 7.85. The van der Waals surface area contributed by atoms with Crippen molar-refractivity contribution in [1.29, 1.82) is 0 Å². The molecule has 0 spiro atoms. The predicted octanol–water partition coefficient (Wildman–Crippen LogP) is 3.11. The number of benzene rings is 1.